The molecule has 1 amide bonds. The molecular formula is C29H29N3O6. The van der Waals surface area contributed by atoms with E-state index in [0.717, 1.165) is 12.0 Å². The van der Waals surface area contributed by atoms with Gasteiger partial charge in [-0.25, -0.2) is 4.99 Å². The maximum Gasteiger partial charge on any atom is 0.302 e. The van der Waals surface area contributed by atoms with E-state index >= 15 is 0 Å². The van der Waals surface area contributed by atoms with E-state index in [2.05, 4.69) is 15.3 Å². The van der Waals surface area contributed by atoms with Crippen molar-refractivity contribution in [1.29, 1.82) is 0 Å². The normalized spacial score (nSPS) is 11.3. The summed E-state index contributed by atoms with van der Waals surface area (Å²) < 4.78 is 22.2. The lowest BCUT2D eigenvalue weighted by molar-refractivity contribution is -0.142. The van der Waals surface area contributed by atoms with Gasteiger partial charge >= 0.3 is 5.97 Å². The van der Waals surface area contributed by atoms with Crippen molar-refractivity contribution in [3.05, 3.63) is 82.7 Å². The average Bonchev–Trinajstić information content (AvgIpc) is 2.93. The summed E-state index contributed by atoms with van der Waals surface area (Å²) in [6.07, 6.45) is 2.35. The minimum absolute atomic E-state index is 0.0167. The number of anilines is 1. The number of benzene rings is 2. The molecule has 0 bridgehead atoms. The van der Waals surface area contributed by atoms with Crippen molar-refractivity contribution in [2.75, 3.05) is 19.5 Å². The molecule has 0 fully saturated rings. The van der Waals surface area contributed by atoms with Gasteiger partial charge in [-0.2, -0.15) is 0 Å². The summed E-state index contributed by atoms with van der Waals surface area (Å²) in [5, 5.41) is 3.58. The standard InChI is InChI=1S/C29H29N3O6/c1-6-19-9-7-8-10-24(19)31-28(34)23-14-22-20(16-37-18(3)33)15-30-17(2)27(22)38-29(23)32-25-12-11-21(35-4)13-26(25)36-5/h7-15H,6,16H2,1-5H3,(H,31,34). The van der Waals surface area contributed by atoms with Crippen LogP contribution in [-0.4, -0.2) is 31.1 Å². The minimum atomic E-state index is -0.428. The van der Waals surface area contributed by atoms with Crippen molar-refractivity contribution >= 4 is 34.2 Å². The molecule has 4 aromatic rings. The van der Waals surface area contributed by atoms with Crippen LogP contribution in [0.2, 0.25) is 0 Å². The van der Waals surface area contributed by atoms with E-state index in [4.69, 9.17) is 18.6 Å². The summed E-state index contributed by atoms with van der Waals surface area (Å²) in [6, 6.07) is 14.4. The fraction of sp³-hybridized carbons (Fsp3) is 0.241. The van der Waals surface area contributed by atoms with Crippen LogP contribution in [0.1, 0.15) is 41.0 Å². The molecule has 196 valence electrons. The van der Waals surface area contributed by atoms with E-state index in [1.54, 1.807) is 44.5 Å². The number of amides is 1. The monoisotopic (exact) mass is 515 g/mol. The molecule has 2 heterocycles. The maximum absolute atomic E-state index is 13.7. The van der Waals surface area contributed by atoms with Gasteiger partial charge in [-0.15, -0.1) is 0 Å². The molecule has 4 rings (SSSR count). The zero-order valence-corrected chi connectivity index (χ0v) is 22.0. The van der Waals surface area contributed by atoms with Gasteiger partial charge in [-0.3, -0.25) is 14.6 Å². The van der Waals surface area contributed by atoms with Gasteiger partial charge in [-0.1, -0.05) is 25.1 Å². The summed E-state index contributed by atoms with van der Waals surface area (Å²) in [6.45, 7) is 5.12. The first-order valence-electron chi connectivity index (χ1n) is 12.1. The topological polar surface area (TPSA) is 112 Å². The van der Waals surface area contributed by atoms with Crippen LogP contribution in [0.15, 0.2) is 64.1 Å². The lowest BCUT2D eigenvalue weighted by Gasteiger charge is -2.13. The molecule has 38 heavy (non-hydrogen) atoms. The number of methoxy groups -OCH3 is 2. The zero-order valence-electron chi connectivity index (χ0n) is 22.0. The largest absolute Gasteiger partial charge is 0.497 e. The number of nitrogens with one attached hydrogen (secondary N) is 1. The van der Waals surface area contributed by atoms with Crippen LogP contribution in [-0.2, 0) is 22.6 Å². The van der Waals surface area contributed by atoms with E-state index in [0.29, 0.717) is 45.1 Å². The Balaban J connectivity index is 1.94. The molecule has 9 nitrogen and oxygen atoms in total. The Morgan fingerprint density at radius 2 is 1.84 bits per heavy atom. The molecule has 0 aliphatic heterocycles. The van der Waals surface area contributed by atoms with Crippen LogP contribution < -0.4 is 20.3 Å². The van der Waals surface area contributed by atoms with Crippen molar-refractivity contribution in [3.63, 3.8) is 0 Å². The smallest absolute Gasteiger partial charge is 0.302 e. The number of carbonyl (C=O) groups is 2. The molecule has 2 aromatic heterocycles. The molecule has 0 saturated heterocycles. The van der Waals surface area contributed by atoms with Crippen LogP contribution in [0.4, 0.5) is 11.4 Å². The van der Waals surface area contributed by atoms with Gasteiger partial charge < -0.3 is 23.9 Å². The van der Waals surface area contributed by atoms with Crippen molar-refractivity contribution in [2.45, 2.75) is 33.8 Å². The SMILES string of the molecule is CCc1ccccc1NC(=O)c1cc2c(COC(C)=O)cnc(C)c2oc1=Nc1ccc(OC)cc1OC. The third kappa shape index (κ3) is 5.67. The summed E-state index contributed by atoms with van der Waals surface area (Å²) in [4.78, 5) is 34.2. The van der Waals surface area contributed by atoms with Gasteiger partial charge in [0.15, 0.2) is 5.58 Å². The number of pyridine rings is 1. The summed E-state index contributed by atoms with van der Waals surface area (Å²) >= 11 is 0. The van der Waals surface area contributed by atoms with Gasteiger partial charge in [0.1, 0.15) is 29.4 Å². The highest BCUT2D eigenvalue weighted by Crippen LogP contribution is 2.31. The number of hydrogen-bond donors (Lipinski definition) is 1. The molecular weight excluding hydrogens is 486 g/mol. The fourth-order valence-corrected chi connectivity index (χ4v) is 3.96. The molecule has 0 radical (unpaired) electrons. The van der Waals surface area contributed by atoms with Crippen molar-refractivity contribution in [3.8, 4) is 11.5 Å². The number of fused-ring (bicyclic) bond motifs is 1. The Morgan fingerprint density at radius 3 is 2.55 bits per heavy atom. The van der Waals surface area contributed by atoms with Crippen molar-refractivity contribution in [2.24, 2.45) is 4.99 Å². The molecule has 9 heteroatoms. The number of carbonyl (C=O) groups excluding carboxylic acids is 2. The first kappa shape index (κ1) is 26.4. The van der Waals surface area contributed by atoms with Gasteiger partial charge in [0.05, 0.1) is 19.9 Å². The number of aromatic nitrogens is 1. The second-order valence-corrected chi connectivity index (χ2v) is 8.47. The molecule has 2 aromatic carbocycles. The number of hydrogen-bond acceptors (Lipinski definition) is 8. The second-order valence-electron chi connectivity index (χ2n) is 8.47. The Labute approximate surface area is 220 Å². The van der Waals surface area contributed by atoms with E-state index in [1.807, 2.05) is 31.2 Å². The average molecular weight is 516 g/mol. The number of ether oxygens (including phenoxy) is 3. The third-order valence-corrected chi connectivity index (χ3v) is 5.98. The van der Waals surface area contributed by atoms with Crippen LogP contribution >= 0.6 is 0 Å². The number of rotatable bonds is 8. The van der Waals surface area contributed by atoms with Gasteiger partial charge in [-0.05, 0) is 43.2 Å². The lowest BCUT2D eigenvalue weighted by atomic mass is 10.1. The predicted octanol–water partition coefficient (Wildman–Crippen LogP) is 5.26. The molecule has 0 unspecified atom stereocenters. The van der Waals surface area contributed by atoms with E-state index in [-0.39, 0.29) is 17.7 Å². The summed E-state index contributed by atoms with van der Waals surface area (Å²) in [5.74, 6) is 0.208. The highest BCUT2D eigenvalue weighted by atomic mass is 16.5. The minimum Gasteiger partial charge on any atom is -0.497 e. The van der Waals surface area contributed by atoms with Crippen LogP contribution in [0.3, 0.4) is 0 Å². The fourth-order valence-electron chi connectivity index (χ4n) is 3.96. The molecule has 0 aliphatic rings. The predicted molar refractivity (Wildman–Crippen MR) is 143 cm³/mol. The van der Waals surface area contributed by atoms with Gasteiger partial charge in [0, 0.05) is 35.8 Å². The first-order valence-corrected chi connectivity index (χ1v) is 12.1. The molecule has 0 aliphatic carbocycles. The van der Waals surface area contributed by atoms with Crippen LogP contribution in [0, 0.1) is 6.92 Å². The van der Waals surface area contributed by atoms with Crippen LogP contribution in [0.5, 0.6) is 11.5 Å². The highest BCUT2D eigenvalue weighted by Gasteiger charge is 2.18. The molecule has 0 spiro atoms. The maximum atomic E-state index is 13.7. The van der Waals surface area contributed by atoms with Crippen molar-refractivity contribution < 1.29 is 28.2 Å². The molecule has 1 N–H and O–H groups in total. The van der Waals surface area contributed by atoms with E-state index in [9.17, 15) is 9.59 Å². The first-order chi connectivity index (χ1) is 18.3. The van der Waals surface area contributed by atoms with Crippen LogP contribution in [0.25, 0.3) is 11.0 Å². The van der Waals surface area contributed by atoms with E-state index in [1.165, 1.54) is 14.0 Å². The quantitative estimate of drug-likeness (QED) is 0.318. The highest BCUT2D eigenvalue weighted by molar-refractivity contribution is 6.06. The number of aryl methyl sites for hydroxylation is 2. The lowest BCUT2D eigenvalue weighted by Crippen LogP contribution is -2.22. The number of esters is 1. The zero-order chi connectivity index (χ0) is 27.2. The second kappa shape index (κ2) is 11.6. The van der Waals surface area contributed by atoms with Gasteiger partial charge in [0.25, 0.3) is 5.91 Å². The Bertz CT molecular complexity index is 1570. The summed E-state index contributed by atoms with van der Waals surface area (Å²) in [5.41, 5.74) is 4.00. The Morgan fingerprint density at radius 1 is 1.05 bits per heavy atom. The third-order valence-electron chi connectivity index (χ3n) is 5.98. The Hall–Kier alpha value is -4.66. The number of nitrogens with zero attached hydrogens (tertiary/aromatic N) is 2. The molecule has 0 saturated carbocycles. The van der Waals surface area contributed by atoms with Gasteiger partial charge in [0.2, 0.25) is 5.55 Å². The molecule has 0 atom stereocenters. The van der Waals surface area contributed by atoms with Crippen molar-refractivity contribution in [1.82, 2.24) is 4.98 Å². The number of para-hydroxylation sites is 1. The summed E-state index contributed by atoms with van der Waals surface area (Å²) in [7, 11) is 3.08. The Kier molecular flexibility index (Phi) is 8.06. The van der Waals surface area contributed by atoms with E-state index < -0.39 is 11.9 Å².